The summed E-state index contributed by atoms with van der Waals surface area (Å²) in [7, 11) is 0. The lowest BCUT2D eigenvalue weighted by Crippen LogP contribution is -2.29. The van der Waals surface area contributed by atoms with E-state index in [1.165, 1.54) is 0 Å². The summed E-state index contributed by atoms with van der Waals surface area (Å²) in [6, 6.07) is 9.86. The van der Waals surface area contributed by atoms with Gasteiger partial charge in [-0.15, -0.1) is 0 Å². The topological polar surface area (TPSA) is 60.4 Å². The minimum atomic E-state index is -0.108. The van der Waals surface area contributed by atoms with Crippen molar-refractivity contribution < 1.29 is 9.15 Å². The molecule has 2 aromatic rings. The highest BCUT2D eigenvalue weighted by Crippen LogP contribution is 2.29. The number of nitrogens with two attached hydrogens (primary N) is 1. The standard InChI is InChI=1S/C16H22N2O2/c1-10(2)19-14-7-5-6-13(9-14)16(18-17)15-8-11(3)20-12(15)4/h5-10,16,18H,17H2,1-4H3. The first kappa shape index (κ1) is 14.6. The monoisotopic (exact) mass is 274 g/mol. The van der Waals surface area contributed by atoms with E-state index < -0.39 is 0 Å². The van der Waals surface area contributed by atoms with E-state index in [-0.39, 0.29) is 12.1 Å². The van der Waals surface area contributed by atoms with Gasteiger partial charge < -0.3 is 9.15 Å². The van der Waals surface area contributed by atoms with Gasteiger partial charge in [0.2, 0.25) is 0 Å². The zero-order chi connectivity index (χ0) is 14.7. The van der Waals surface area contributed by atoms with Gasteiger partial charge >= 0.3 is 0 Å². The van der Waals surface area contributed by atoms with Crippen LogP contribution in [0.25, 0.3) is 0 Å². The van der Waals surface area contributed by atoms with Gasteiger partial charge in [-0.3, -0.25) is 5.84 Å². The Morgan fingerprint density at radius 3 is 2.50 bits per heavy atom. The van der Waals surface area contributed by atoms with E-state index in [0.29, 0.717) is 0 Å². The number of hydrazine groups is 1. The third-order valence-electron chi connectivity index (χ3n) is 3.12. The van der Waals surface area contributed by atoms with Gasteiger partial charge in [-0.1, -0.05) is 12.1 Å². The summed E-state index contributed by atoms with van der Waals surface area (Å²) in [5, 5.41) is 0. The minimum Gasteiger partial charge on any atom is -0.491 e. The number of nitrogens with one attached hydrogen (secondary N) is 1. The highest BCUT2D eigenvalue weighted by Gasteiger charge is 2.18. The first-order valence-electron chi connectivity index (χ1n) is 6.81. The average molecular weight is 274 g/mol. The maximum atomic E-state index is 5.73. The molecule has 0 amide bonds. The van der Waals surface area contributed by atoms with E-state index in [1.54, 1.807) is 0 Å². The van der Waals surface area contributed by atoms with Crippen LogP contribution in [0.1, 0.15) is 42.5 Å². The maximum absolute atomic E-state index is 5.73. The quantitative estimate of drug-likeness (QED) is 0.649. The van der Waals surface area contributed by atoms with Gasteiger partial charge in [-0.25, -0.2) is 5.43 Å². The van der Waals surface area contributed by atoms with Crippen LogP contribution in [0.4, 0.5) is 0 Å². The van der Waals surface area contributed by atoms with Crippen LogP contribution < -0.4 is 16.0 Å². The van der Waals surface area contributed by atoms with Crippen LogP contribution in [0.15, 0.2) is 34.7 Å². The van der Waals surface area contributed by atoms with Crippen molar-refractivity contribution in [3.8, 4) is 5.75 Å². The Balaban J connectivity index is 2.34. The zero-order valence-corrected chi connectivity index (χ0v) is 12.4. The molecule has 0 fully saturated rings. The SMILES string of the molecule is Cc1cc(C(NN)c2cccc(OC(C)C)c2)c(C)o1. The summed E-state index contributed by atoms with van der Waals surface area (Å²) >= 11 is 0. The molecule has 1 unspecified atom stereocenters. The lowest BCUT2D eigenvalue weighted by atomic mass is 9.99. The molecule has 0 saturated carbocycles. The zero-order valence-electron chi connectivity index (χ0n) is 12.4. The van der Waals surface area contributed by atoms with Crippen LogP contribution >= 0.6 is 0 Å². The van der Waals surface area contributed by atoms with Crippen molar-refractivity contribution in [2.45, 2.75) is 39.8 Å². The Bertz CT molecular complexity index is 576. The second kappa shape index (κ2) is 6.11. The molecule has 0 spiro atoms. The third kappa shape index (κ3) is 3.21. The molecule has 1 atom stereocenters. The molecule has 20 heavy (non-hydrogen) atoms. The van der Waals surface area contributed by atoms with E-state index in [0.717, 1.165) is 28.4 Å². The van der Waals surface area contributed by atoms with Crippen LogP contribution in [0.2, 0.25) is 0 Å². The summed E-state index contributed by atoms with van der Waals surface area (Å²) < 4.78 is 11.3. The van der Waals surface area contributed by atoms with Gasteiger partial charge in [0.05, 0.1) is 12.1 Å². The molecule has 1 aromatic carbocycles. The van der Waals surface area contributed by atoms with E-state index in [2.05, 4.69) is 5.43 Å². The molecule has 0 radical (unpaired) electrons. The number of furan rings is 1. The molecule has 3 N–H and O–H groups in total. The fraction of sp³-hybridized carbons (Fsp3) is 0.375. The first-order valence-corrected chi connectivity index (χ1v) is 6.81. The second-order valence-electron chi connectivity index (χ2n) is 5.21. The molecular weight excluding hydrogens is 252 g/mol. The molecule has 0 aliphatic carbocycles. The molecule has 0 aliphatic heterocycles. The Labute approximate surface area is 119 Å². The average Bonchev–Trinajstić information content (AvgIpc) is 2.69. The van der Waals surface area contributed by atoms with E-state index in [1.807, 2.05) is 58.0 Å². The van der Waals surface area contributed by atoms with Crippen LogP contribution in [-0.2, 0) is 0 Å². The number of aryl methyl sites for hydroxylation is 2. The van der Waals surface area contributed by atoms with Crippen LogP contribution in [0.5, 0.6) is 5.75 Å². The van der Waals surface area contributed by atoms with Gasteiger partial charge in [0, 0.05) is 5.56 Å². The van der Waals surface area contributed by atoms with Gasteiger partial charge in [-0.05, 0) is 51.5 Å². The normalized spacial score (nSPS) is 12.7. The van der Waals surface area contributed by atoms with Crippen molar-refractivity contribution >= 4 is 0 Å². The molecule has 4 nitrogen and oxygen atoms in total. The van der Waals surface area contributed by atoms with Crippen molar-refractivity contribution in [1.82, 2.24) is 5.43 Å². The smallest absolute Gasteiger partial charge is 0.120 e. The predicted molar refractivity (Wildman–Crippen MR) is 79.6 cm³/mol. The first-order chi connectivity index (χ1) is 9.51. The lowest BCUT2D eigenvalue weighted by Gasteiger charge is -2.17. The number of hydrogen-bond donors (Lipinski definition) is 2. The fourth-order valence-electron chi connectivity index (χ4n) is 2.34. The third-order valence-corrected chi connectivity index (χ3v) is 3.12. The lowest BCUT2D eigenvalue weighted by molar-refractivity contribution is 0.242. The molecule has 2 rings (SSSR count). The van der Waals surface area contributed by atoms with E-state index >= 15 is 0 Å². The van der Waals surface area contributed by atoms with Crippen LogP contribution in [0, 0.1) is 13.8 Å². The molecule has 0 bridgehead atoms. The molecule has 1 aromatic heterocycles. The predicted octanol–water partition coefficient (Wildman–Crippen LogP) is 3.24. The number of rotatable bonds is 5. The van der Waals surface area contributed by atoms with Gasteiger partial charge in [-0.2, -0.15) is 0 Å². The Morgan fingerprint density at radius 2 is 1.95 bits per heavy atom. The summed E-state index contributed by atoms with van der Waals surface area (Å²) in [5.74, 6) is 8.33. The van der Waals surface area contributed by atoms with Gasteiger partial charge in [0.25, 0.3) is 0 Å². The second-order valence-corrected chi connectivity index (χ2v) is 5.21. The molecule has 1 heterocycles. The highest BCUT2D eigenvalue weighted by atomic mass is 16.5. The summed E-state index contributed by atoms with van der Waals surface area (Å²) in [6.07, 6.45) is 0.146. The molecule has 4 heteroatoms. The Kier molecular flexibility index (Phi) is 4.47. The molecule has 0 saturated heterocycles. The van der Waals surface area contributed by atoms with Gasteiger partial charge in [0.15, 0.2) is 0 Å². The fourth-order valence-corrected chi connectivity index (χ4v) is 2.34. The number of benzene rings is 1. The van der Waals surface area contributed by atoms with Crippen LogP contribution in [0.3, 0.4) is 0 Å². The van der Waals surface area contributed by atoms with Crippen molar-refractivity contribution in [1.29, 1.82) is 0 Å². The minimum absolute atomic E-state index is 0.108. The van der Waals surface area contributed by atoms with Crippen LogP contribution in [-0.4, -0.2) is 6.10 Å². The Morgan fingerprint density at radius 1 is 1.20 bits per heavy atom. The molecular formula is C16H22N2O2. The largest absolute Gasteiger partial charge is 0.491 e. The molecule has 0 aliphatic rings. The van der Waals surface area contributed by atoms with Crippen molar-refractivity contribution in [3.63, 3.8) is 0 Å². The Hall–Kier alpha value is -1.78. The van der Waals surface area contributed by atoms with Crippen molar-refractivity contribution in [2.75, 3.05) is 0 Å². The highest BCUT2D eigenvalue weighted by molar-refractivity contribution is 5.38. The molecule has 108 valence electrons. The van der Waals surface area contributed by atoms with E-state index in [4.69, 9.17) is 15.0 Å². The summed E-state index contributed by atoms with van der Waals surface area (Å²) in [5.41, 5.74) is 4.95. The number of ether oxygens (including phenoxy) is 1. The van der Waals surface area contributed by atoms with Gasteiger partial charge in [0.1, 0.15) is 17.3 Å². The maximum Gasteiger partial charge on any atom is 0.120 e. The van der Waals surface area contributed by atoms with E-state index in [9.17, 15) is 0 Å². The van der Waals surface area contributed by atoms with Crippen molar-refractivity contribution in [3.05, 3.63) is 53.0 Å². The summed E-state index contributed by atoms with van der Waals surface area (Å²) in [6.45, 7) is 7.90. The van der Waals surface area contributed by atoms with Crippen molar-refractivity contribution in [2.24, 2.45) is 5.84 Å². The summed E-state index contributed by atoms with van der Waals surface area (Å²) in [4.78, 5) is 0. The number of hydrogen-bond acceptors (Lipinski definition) is 4.